The first-order valence-corrected chi connectivity index (χ1v) is 11.9. The zero-order valence-electron chi connectivity index (χ0n) is 21.1. The normalized spacial score (nSPS) is 17.4. The maximum atomic E-state index is 12.9. The SMILES string of the molecule is COC(=O)C1C=C(c2cncc(-c3ccc(OC(F)F)c(OCC4CC4)c3)n2)CN1C(=O)OC(C)(C)C. The summed E-state index contributed by atoms with van der Waals surface area (Å²) in [6, 6.07) is 3.60. The molecule has 2 heterocycles. The van der Waals surface area contributed by atoms with Crippen molar-refractivity contribution in [3.05, 3.63) is 42.4 Å². The molecule has 1 aromatic carbocycles. The summed E-state index contributed by atoms with van der Waals surface area (Å²) in [4.78, 5) is 35.3. The molecule has 1 aliphatic heterocycles. The number of carbonyl (C=O) groups is 2. The number of halogens is 2. The Morgan fingerprint density at radius 3 is 2.51 bits per heavy atom. The minimum Gasteiger partial charge on any atom is -0.489 e. The number of hydrogen-bond acceptors (Lipinski definition) is 8. The zero-order chi connectivity index (χ0) is 26.7. The van der Waals surface area contributed by atoms with Crippen molar-refractivity contribution in [2.75, 3.05) is 20.3 Å². The Kier molecular flexibility index (Phi) is 7.60. The maximum Gasteiger partial charge on any atom is 0.411 e. The molecule has 0 N–H and O–H groups in total. The van der Waals surface area contributed by atoms with Gasteiger partial charge in [-0.2, -0.15) is 8.78 Å². The van der Waals surface area contributed by atoms with Crippen LogP contribution in [0.4, 0.5) is 13.6 Å². The van der Waals surface area contributed by atoms with Crippen LogP contribution in [-0.4, -0.2) is 65.4 Å². The summed E-state index contributed by atoms with van der Waals surface area (Å²) in [5, 5.41) is 0. The number of rotatable bonds is 8. The lowest BCUT2D eigenvalue weighted by molar-refractivity contribution is -0.144. The molecule has 0 saturated heterocycles. The number of hydrogen-bond donors (Lipinski definition) is 0. The van der Waals surface area contributed by atoms with Gasteiger partial charge in [-0.1, -0.05) is 0 Å². The Morgan fingerprint density at radius 1 is 1.14 bits per heavy atom. The number of carbonyl (C=O) groups excluding carboxylic acids is 2. The molecule has 1 fully saturated rings. The molecule has 1 amide bonds. The summed E-state index contributed by atoms with van der Waals surface area (Å²) in [7, 11) is 1.24. The monoisotopic (exact) mass is 517 g/mol. The van der Waals surface area contributed by atoms with E-state index in [0.29, 0.717) is 35.0 Å². The van der Waals surface area contributed by atoms with E-state index in [1.54, 1.807) is 39.0 Å². The molecule has 9 nitrogen and oxygen atoms in total. The first-order valence-electron chi connectivity index (χ1n) is 11.9. The average Bonchev–Trinajstić information content (AvgIpc) is 3.56. The highest BCUT2D eigenvalue weighted by molar-refractivity contribution is 5.89. The number of methoxy groups -OCH3 is 1. The van der Waals surface area contributed by atoms with E-state index < -0.39 is 30.3 Å². The van der Waals surface area contributed by atoms with Gasteiger partial charge in [0.15, 0.2) is 17.5 Å². The van der Waals surface area contributed by atoms with E-state index in [-0.39, 0.29) is 18.0 Å². The Hall–Kier alpha value is -3.76. The first-order chi connectivity index (χ1) is 17.5. The molecule has 11 heteroatoms. The number of nitrogens with zero attached hydrogens (tertiary/aromatic N) is 3. The van der Waals surface area contributed by atoms with Crippen LogP contribution in [0.15, 0.2) is 36.7 Å². The van der Waals surface area contributed by atoms with Crippen LogP contribution in [0.1, 0.15) is 39.3 Å². The third-order valence-corrected chi connectivity index (χ3v) is 5.70. The van der Waals surface area contributed by atoms with E-state index in [1.807, 2.05) is 0 Å². The number of amides is 1. The van der Waals surface area contributed by atoms with Gasteiger partial charge in [0.1, 0.15) is 5.60 Å². The third kappa shape index (κ3) is 6.72. The van der Waals surface area contributed by atoms with Crippen LogP contribution in [0, 0.1) is 5.92 Å². The molecule has 2 aliphatic rings. The van der Waals surface area contributed by atoms with Gasteiger partial charge < -0.3 is 18.9 Å². The van der Waals surface area contributed by atoms with Crippen LogP contribution < -0.4 is 9.47 Å². The number of ether oxygens (including phenoxy) is 4. The minimum absolute atomic E-state index is 0.0593. The Bertz CT molecular complexity index is 1190. The molecular formula is C26H29F2N3O6. The van der Waals surface area contributed by atoms with Crippen LogP contribution in [-0.2, 0) is 14.3 Å². The minimum atomic E-state index is -2.98. The fraction of sp³-hybridized carbons (Fsp3) is 0.462. The molecule has 198 valence electrons. The second kappa shape index (κ2) is 10.7. The zero-order valence-corrected chi connectivity index (χ0v) is 21.1. The van der Waals surface area contributed by atoms with Crippen molar-refractivity contribution in [1.29, 1.82) is 0 Å². The lowest BCUT2D eigenvalue weighted by Crippen LogP contribution is -2.44. The van der Waals surface area contributed by atoms with Gasteiger partial charge in [-0.3, -0.25) is 9.88 Å². The molecule has 0 radical (unpaired) electrons. The molecule has 1 atom stereocenters. The lowest BCUT2D eigenvalue weighted by atomic mass is 10.1. The summed E-state index contributed by atoms with van der Waals surface area (Å²) < 4.78 is 46.4. The Labute approximate surface area is 213 Å². The van der Waals surface area contributed by atoms with Crippen molar-refractivity contribution in [1.82, 2.24) is 14.9 Å². The smallest absolute Gasteiger partial charge is 0.411 e. The Balaban J connectivity index is 1.61. The fourth-order valence-electron chi connectivity index (χ4n) is 3.72. The second-order valence-electron chi connectivity index (χ2n) is 9.85. The molecule has 1 aromatic heterocycles. The van der Waals surface area contributed by atoms with Gasteiger partial charge in [0.05, 0.1) is 44.0 Å². The lowest BCUT2D eigenvalue weighted by Gasteiger charge is -2.27. The largest absolute Gasteiger partial charge is 0.489 e. The molecule has 1 aliphatic carbocycles. The van der Waals surface area contributed by atoms with E-state index in [9.17, 15) is 18.4 Å². The first kappa shape index (κ1) is 26.3. The van der Waals surface area contributed by atoms with E-state index in [1.165, 1.54) is 30.5 Å². The maximum absolute atomic E-state index is 12.9. The van der Waals surface area contributed by atoms with E-state index in [0.717, 1.165) is 12.8 Å². The van der Waals surface area contributed by atoms with Crippen LogP contribution in [0.25, 0.3) is 16.8 Å². The van der Waals surface area contributed by atoms with Crippen LogP contribution in [0.5, 0.6) is 11.5 Å². The molecule has 4 rings (SSSR count). The number of aromatic nitrogens is 2. The standard InChI is InChI=1S/C26H29F2N3O6/c1-26(2,3)37-25(33)31-13-17(9-20(31)23(32)34-4)19-12-29-11-18(30-19)16-7-8-21(36-24(27)28)22(10-16)35-14-15-5-6-15/h7-12,15,20,24H,5-6,13-14H2,1-4H3. The van der Waals surface area contributed by atoms with Gasteiger partial charge in [0.25, 0.3) is 0 Å². The molecule has 1 saturated carbocycles. The number of benzene rings is 1. The Morgan fingerprint density at radius 2 is 1.86 bits per heavy atom. The van der Waals surface area contributed by atoms with Crippen LogP contribution in [0.3, 0.4) is 0 Å². The fourth-order valence-corrected chi connectivity index (χ4v) is 3.72. The highest BCUT2D eigenvalue weighted by atomic mass is 19.3. The summed E-state index contributed by atoms with van der Waals surface area (Å²) in [6.07, 6.45) is 6.05. The van der Waals surface area contributed by atoms with Crippen molar-refractivity contribution in [2.45, 2.75) is 51.9 Å². The summed E-state index contributed by atoms with van der Waals surface area (Å²) in [5.74, 6) is -0.0667. The van der Waals surface area contributed by atoms with Crippen molar-refractivity contribution in [3.8, 4) is 22.8 Å². The number of esters is 1. The van der Waals surface area contributed by atoms with Crippen LogP contribution >= 0.6 is 0 Å². The molecule has 0 spiro atoms. The van der Waals surface area contributed by atoms with Crippen molar-refractivity contribution < 1.29 is 37.3 Å². The van der Waals surface area contributed by atoms with E-state index >= 15 is 0 Å². The summed E-state index contributed by atoms with van der Waals surface area (Å²) in [6.45, 7) is 2.69. The van der Waals surface area contributed by atoms with Gasteiger partial charge in [-0.25, -0.2) is 14.6 Å². The molecule has 0 bridgehead atoms. The van der Waals surface area contributed by atoms with Gasteiger partial charge in [0.2, 0.25) is 0 Å². The predicted octanol–water partition coefficient (Wildman–Crippen LogP) is 4.71. The summed E-state index contributed by atoms with van der Waals surface area (Å²) in [5.41, 5.74) is 1.29. The molecule has 1 unspecified atom stereocenters. The predicted molar refractivity (Wildman–Crippen MR) is 129 cm³/mol. The topological polar surface area (TPSA) is 100 Å². The summed E-state index contributed by atoms with van der Waals surface area (Å²) >= 11 is 0. The van der Waals surface area contributed by atoms with Gasteiger partial charge in [0, 0.05) is 5.56 Å². The average molecular weight is 518 g/mol. The van der Waals surface area contributed by atoms with Crippen LogP contribution in [0.2, 0.25) is 0 Å². The van der Waals surface area contributed by atoms with Crippen molar-refractivity contribution in [3.63, 3.8) is 0 Å². The van der Waals surface area contributed by atoms with Gasteiger partial charge in [-0.15, -0.1) is 0 Å². The highest BCUT2D eigenvalue weighted by Crippen LogP contribution is 2.36. The highest BCUT2D eigenvalue weighted by Gasteiger charge is 2.38. The number of alkyl halides is 2. The van der Waals surface area contributed by atoms with Gasteiger partial charge >= 0.3 is 18.7 Å². The van der Waals surface area contributed by atoms with Crippen molar-refractivity contribution in [2.24, 2.45) is 5.92 Å². The third-order valence-electron chi connectivity index (χ3n) is 5.70. The second-order valence-corrected chi connectivity index (χ2v) is 9.85. The van der Waals surface area contributed by atoms with Gasteiger partial charge in [-0.05, 0) is 69.4 Å². The van der Waals surface area contributed by atoms with E-state index in [4.69, 9.17) is 14.2 Å². The molecule has 37 heavy (non-hydrogen) atoms. The quantitative estimate of drug-likeness (QED) is 0.464. The van der Waals surface area contributed by atoms with Crippen molar-refractivity contribution >= 4 is 17.6 Å². The van der Waals surface area contributed by atoms with E-state index in [2.05, 4.69) is 14.7 Å². The molecule has 2 aromatic rings. The molecular weight excluding hydrogens is 488 g/mol.